The van der Waals surface area contributed by atoms with E-state index in [-0.39, 0.29) is 40.2 Å². The van der Waals surface area contributed by atoms with Crippen LogP contribution in [0.4, 0.5) is 11.5 Å². The summed E-state index contributed by atoms with van der Waals surface area (Å²) in [6.45, 7) is 0.0722. The van der Waals surface area contributed by atoms with Crippen molar-refractivity contribution in [3.05, 3.63) is 29.7 Å². The van der Waals surface area contributed by atoms with Crippen LogP contribution < -0.4 is 16.1 Å². The predicted molar refractivity (Wildman–Crippen MR) is 122 cm³/mol. The van der Waals surface area contributed by atoms with Crippen molar-refractivity contribution in [2.45, 2.75) is 26.2 Å². The summed E-state index contributed by atoms with van der Waals surface area (Å²) in [7, 11) is 1.96. The van der Waals surface area contributed by atoms with Crippen LogP contribution in [0.2, 0.25) is 0 Å². The molecule has 1 saturated carbocycles. The fourth-order valence-corrected chi connectivity index (χ4v) is 4.46. The number of pyridine rings is 1. The van der Waals surface area contributed by atoms with Gasteiger partial charge in [-0.05, 0) is 19.3 Å². The van der Waals surface area contributed by atoms with Crippen molar-refractivity contribution in [1.82, 2.24) is 20.7 Å². The molecular weight excluding hydrogens is 408 g/mol. The Morgan fingerprint density at radius 3 is 3.03 bits per heavy atom. The fraction of sp³-hybridized carbons (Fsp3) is 0.455. The van der Waals surface area contributed by atoms with Gasteiger partial charge >= 0.3 is 0 Å². The van der Waals surface area contributed by atoms with E-state index in [1.165, 1.54) is 12.3 Å². The SMILES string of the molecule is [2H]C([2H])([2H])NC(=O)c1cnc(NC(=O)C2CC2)cc1N=C1N=C2C=NC=C3NN(C)CC32CC1C. The number of nitrogens with one attached hydrogen (secondary N) is 3. The molecule has 2 atom stereocenters. The van der Waals surface area contributed by atoms with E-state index in [4.69, 9.17) is 9.10 Å². The lowest BCUT2D eigenvalue weighted by Crippen LogP contribution is -2.44. The summed E-state index contributed by atoms with van der Waals surface area (Å²) in [6, 6.07) is 1.48. The Morgan fingerprint density at radius 2 is 2.25 bits per heavy atom. The number of hydrogen-bond donors (Lipinski definition) is 3. The van der Waals surface area contributed by atoms with E-state index in [1.54, 1.807) is 6.21 Å². The zero-order valence-corrected chi connectivity index (χ0v) is 17.8. The van der Waals surface area contributed by atoms with Gasteiger partial charge in [-0.2, -0.15) is 0 Å². The van der Waals surface area contributed by atoms with Gasteiger partial charge in [-0.15, -0.1) is 0 Å². The highest BCUT2D eigenvalue weighted by Crippen LogP contribution is 2.44. The van der Waals surface area contributed by atoms with Gasteiger partial charge in [0.05, 0.1) is 28.1 Å². The Hall–Kier alpha value is -3.40. The normalized spacial score (nSPS) is 29.5. The number of rotatable bonds is 4. The van der Waals surface area contributed by atoms with E-state index in [2.05, 4.69) is 25.7 Å². The van der Waals surface area contributed by atoms with Gasteiger partial charge in [0.15, 0.2) is 0 Å². The molecule has 0 radical (unpaired) electrons. The summed E-state index contributed by atoms with van der Waals surface area (Å²) in [5.41, 5.74) is 4.93. The molecule has 3 N–H and O–H groups in total. The minimum atomic E-state index is -2.67. The van der Waals surface area contributed by atoms with Crippen molar-refractivity contribution in [2.75, 3.05) is 25.9 Å². The largest absolute Gasteiger partial charge is 0.355 e. The van der Waals surface area contributed by atoms with Crippen molar-refractivity contribution in [2.24, 2.45) is 32.2 Å². The van der Waals surface area contributed by atoms with Gasteiger partial charge in [-0.1, -0.05) is 6.92 Å². The Bertz CT molecular complexity index is 1220. The smallest absolute Gasteiger partial charge is 0.254 e. The number of carbonyl (C=O) groups is 2. The molecule has 32 heavy (non-hydrogen) atoms. The van der Waals surface area contributed by atoms with E-state index in [0.717, 1.165) is 37.2 Å². The third-order valence-electron chi connectivity index (χ3n) is 6.23. The van der Waals surface area contributed by atoms with Crippen molar-refractivity contribution in [1.29, 1.82) is 0 Å². The molecule has 10 heteroatoms. The minimum Gasteiger partial charge on any atom is -0.355 e. The monoisotopic (exact) mass is 437 g/mol. The summed E-state index contributed by atoms with van der Waals surface area (Å²) < 4.78 is 22.1. The number of aliphatic imine (C=N–C) groups is 3. The summed E-state index contributed by atoms with van der Waals surface area (Å²) in [5, 5.41) is 6.72. The Balaban J connectivity index is 1.53. The van der Waals surface area contributed by atoms with Gasteiger partial charge in [0, 0.05) is 61.2 Å². The second kappa shape index (κ2) is 7.63. The molecule has 1 aromatic heterocycles. The third-order valence-corrected chi connectivity index (χ3v) is 6.23. The Morgan fingerprint density at radius 1 is 1.41 bits per heavy atom. The molecule has 1 aliphatic carbocycles. The zero-order valence-electron chi connectivity index (χ0n) is 20.8. The molecule has 1 aromatic rings. The van der Waals surface area contributed by atoms with E-state index in [9.17, 15) is 9.59 Å². The fourth-order valence-electron chi connectivity index (χ4n) is 4.46. The van der Waals surface area contributed by atoms with Crippen LogP contribution >= 0.6 is 0 Å². The van der Waals surface area contributed by atoms with Crippen LogP contribution in [0.3, 0.4) is 0 Å². The van der Waals surface area contributed by atoms with Crippen LogP contribution in [0.25, 0.3) is 0 Å². The van der Waals surface area contributed by atoms with Crippen LogP contribution in [0.5, 0.6) is 0 Å². The minimum absolute atomic E-state index is 0.0223. The quantitative estimate of drug-likeness (QED) is 0.661. The highest BCUT2D eigenvalue weighted by atomic mass is 16.2. The summed E-state index contributed by atoms with van der Waals surface area (Å²) in [5.74, 6) is -0.350. The number of nitrogens with zero attached hydrogens (tertiary/aromatic N) is 5. The molecule has 2 unspecified atom stereocenters. The molecule has 4 heterocycles. The number of anilines is 1. The first-order chi connectivity index (χ1) is 16.5. The van der Waals surface area contributed by atoms with Gasteiger partial charge in [0.25, 0.3) is 5.91 Å². The number of hydrogen-bond acceptors (Lipinski definition) is 7. The maximum atomic E-state index is 12.7. The highest BCUT2D eigenvalue weighted by molar-refractivity contribution is 6.37. The van der Waals surface area contributed by atoms with Crippen LogP contribution in [-0.4, -0.2) is 60.1 Å². The van der Waals surface area contributed by atoms with Crippen LogP contribution in [0.1, 0.15) is 40.7 Å². The topological polar surface area (TPSA) is 123 Å². The van der Waals surface area contributed by atoms with Crippen LogP contribution in [-0.2, 0) is 4.79 Å². The summed E-state index contributed by atoms with van der Waals surface area (Å²) in [4.78, 5) is 42.9. The maximum Gasteiger partial charge on any atom is 0.254 e. The molecule has 2 fully saturated rings. The molecule has 1 saturated heterocycles. The lowest BCUT2D eigenvalue weighted by Gasteiger charge is -2.36. The molecule has 1 spiro atoms. The number of hydrazine groups is 1. The van der Waals surface area contributed by atoms with Crippen LogP contribution in [0, 0.1) is 17.3 Å². The standard InChI is InChI=1S/C22H26N8O2/c1-12-7-22-11-30(3)29-17(22)10-24-9-16(22)27-19(12)26-15-6-18(28-20(31)13-4-5-13)25-8-14(15)21(32)23-2/h6,8-10,12-13,29H,4-5,7,11H2,1-3H3,(H,23,32)(H,25,28,31)/i2D3. The summed E-state index contributed by atoms with van der Waals surface area (Å²) in [6.07, 6.45) is 7.16. The molecular formula is C22H26N8O2. The van der Waals surface area contributed by atoms with Gasteiger partial charge < -0.3 is 16.1 Å². The van der Waals surface area contributed by atoms with Gasteiger partial charge in [-0.3, -0.25) is 14.6 Å². The maximum absolute atomic E-state index is 12.7. The molecule has 10 nitrogen and oxygen atoms in total. The number of aromatic nitrogens is 1. The molecule has 166 valence electrons. The van der Waals surface area contributed by atoms with Crippen molar-refractivity contribution >= 4 is 41.1 Å². The van der Waals surface area contributed by atoms with E-state index in [0.29, 0.717) is 5.84 Å². The molecule has 3 aliphatic heterocycles. The number of amides is 2. The second-order valence-electron chi connectivity index (χ2n) is 8.75. The third kappa shape index (κ3) is 3.50. The Kier molecular flexibility index (Phi) is 4.10. The lowest BCUT2D eigenvalue weighted by atomic mass is 9.71. The number of carbonyl (C=O) groups excluding carboxylic acids is 2. The van der Waals surface area contributed by atoms with Crippen molar-refractivity contribution in [3.8, 4) is 0 Å². The summed E-state index contributed by atoms with van der Waals surface area (Å²) >= 11 is 0. The highest BCUT2D eigenvalue weighted by Gasteiger charge is 2.50. The van der Waals surface area contributed by atoms with Crippen molar-refractivity contribution in [3.63, 3.8) is 0 Å². The first kappa shape index (κ1) is 17.2. The predicted octanol–water partition coefficient (Wildman–Crippen LogP) is 1.66. The van der Waals surface area contributed by atoms with Crippen molar-refractivity contribution < 1.29 is 13.7 Å². The molecule has 4 aliphatic rings. The van der Waals surface area contributed by atoms with Gasteiger partial charge in [0.1, 0.15) is 11.7 Å². The first-order valence-corrected chi connectivity index (χ1v) is 10.6. The average molecular weight is 438 g/mol. The van der Waals surface area contributed by atoms with Gasteiger partial charge in [0.2, 0.25) is 5.91 Å². The lowest BCUT2D eigenvalue weighted by molar-refractivity contribution is -0.117. The molecule has 0 bridgehead atoms. The molecule has 2 amide bonds. The Labute approximate surface area is 190 Å². The molecule has 5 rings (SSSR count). The average Bonchev–Trinajstić information content (AvgIpc) is 3.55. The second-order valence-corrected chi connectivity index (χ2v) is 8.75. The number of amidine groups is 1. The van der Waals surface area contributed by atoms with E-state index < -0.39 is 12.9 Å². The van der Waals surface area contributed by atoms with E-state index >= 15 is 0 Å². The zero-order chi connectivity index (χ0) is 25.0. The van der Waals surface area contributed by atoms with E-state index in [1.807, 2.05) is 30.5 Å². The first-order valence-electron chi connectivity index (χ1n) is 12.1. The molecule has 0 aromatic carbocycles. The van der Waals surface area contributed by atoms with Gasteiger partial charge in [-0.25, -0.2) is 20.0 Å². The van der Waals surface area contributed by atoms with Crippen LogP contribution in [0.15, 0.2) is 39.1 Å².